The lowest BCUT2D eigenvalue weighted by molar-refractivity contribution is -0.0393. The zero-order valence-corrected chi connectivity index (χ0v) is 11.2. The molecular formula is C13H25NOS. The van der Waals surface area contributed by atoms with Gasteiger partial charge in [0, 0.05) is 5.75 Å². The van der Waals surface area contributed by atoms with Crippen LogP contribution in [-0.4, -0.2) is 27.8 Å². The van der Waals surface area contributed by atoms with Crippen molar-refractivity contribution in [2.45, 2.75) is 63.0 Å². The van der Waals surface area contributed by atoms with Crippen molar-refractivity contribution in [3.05, 3.63) is 0 Å². The molecule has 0 aromatic rings. The Balaban J connectivity index is 2.06. The first-order chi connectivity index (χ1) is 7.60. The molecule has 1 saturated heterocycles. The fraction of sp³-hybridized carbons (Fsp3) is 1.00. The topological polar surface area (TPSA) is 46.2 Å². The Kier molecular flexibility index (Phi) is 3.87. The molecule has 0 aromatic carbocycles. The van der Waals surface area contributed by atoms with Crippen molar-refractivity contribution in [3.8, 4) is 0 Å². The van der Waals surface area contributed by atoms with Crippen LogP contribution in [0.5, 0.6) is 0 Å². The van der Waals surface area contributed by atoms with E-state index < -0.39 is 5.60 Å². The van der Waals surface area contributed by atoms with Crippen LogP contribution >= 0.6 is 11.8 Å². The third-order valence-corrected chi connectivity index (χ3v) is 5.94. The maximum atomic E-state index is 10.9. The smallest absolute Gasteiger partial charge is 0.0834 e. The number of thioether (sulfide) groups is 1. The van der Waals surface area contributed by atoms with Gasteiger partial charge < -0.3 is 10.8 Å². The maximum absolute atomic E-state index is 10.9. The van der Waals surface area contributed by atoms with Crippen molar-refractivity contribution in [2.75, 3.05) is 11.5 Å². The molecule has 1 heterocycles. The van der Waals surface area contributed by atoms with Gasteiger partial charge >= 0.3 is 0 Å². The minimum atomic E-state index is -0.583. The number of hydrogen-bond acceptors (Lipinski definition) is 3. The largest absolute Gasteiger partial charge is 0.388 e. The number of aliphatic hydroxyl groups is 1. The van der Waals surface area contributed by atoms with Crippen LogP contribution in [0.15, 0.2) is 0 Å². The average Bonchev–Trinajstić information content (AvgIpc) is 2.62. The van der Waals surface area contributed by atoms with Gasteiger partial charge in [0.2, 0.25) is 0 Å². The highest BCUT2D eigenvalue weighted by atomic mass is 32.2. The lowest BCUT2D eigenvalue weighted by Crippen LogP contribution is -2.60. The van der Waals surface area contributed by atoms with Crippen molar-refractivity contribution < 1.29 is 5.11 Å². The van der Waals surface area contributed by atoms with Crippen molar-refractivity contribution in [3.63, 3.8) is 0 Å². The summed E-state index contributed by atoms with van der Waals surface area (Å²) in [7, 11) is 0. The van der Waals surface area contributed by atoms with E-state index in [1.807, 2.05) is 11.8 Å². The molecule has 3 N–H and O–H groups in total. The summed E-state index contributed by atoms with van der Waals surface area (Å²) in [6.45, 7) is 2.26. The van der Waals surface area contributed by atoms with E-state index in [2.05, 4.69) is 6.92 Å². The van der Waals surface area contributed by atoms with Crippen LogP contribution in [-0.2, 0) is 0 Å². The lowest BCUT2D eigenvalue weighted by Gasteiger charge is -2.41. The lowest BCUT2D eigenvalue weighted by atomic mass is 9.75. The summed E-state index contributed by atoms with van der Waals surface area (Å²) in [5.41, 5.74) is 5.57. The molecular weight excluding hydrogens is 218 g/mol. The SMILES string of the molecule is CCC1CCCC(O)(C2(N)CCSC2)CC1. The third-order valence-electron chi connectivity index (χ3n) is 4.73. The van der Waals surface area contributed by atoms with Crippen LogP contribution in [0.3, 0.4) is 0 Å². The standard InChI is InChI=1S/C13H25NOS/c1-2-11-4-3-6-13(15,7-5-11)12(14)8-9-16-10-12/h11,15H,2-10,14H2,1H3. The average molecular weight is 243 g/mol. The van der Waals surface area contributed by atoms with E-state index in [-0.39, 0.29) is 5.54 Å². The molecule has 0 aromatic heterocycles. The van der Waals surface area contributed by atoms with Gasteiger partial charge in [0.05, 0.1) is 11.1 Å². The van der Waals surface area contributed by atoms with Gasteiger partial charge in [0.25, 0.3) is 0 Å². The van der Waals surface area contributed by atoms with Gasteiger partial charge in [-0.05, 0) is 37.4 Å². The number of rotatable bonds is 2. The molecule has 16 heavy (non-hydrogen) atoms. The van der Waals surface area contributed by atoms with Gasteiger partial charge in [-0.3, -0.25) is 0 Å². The fourth-order valence-corrected chi connectivity index (χ4v) is 4.68. The molecule has 0 spiro atoms. The molecule has 2 aliphatic rings. The fourth-order valence-electron chi connectivity index (χ4n) is 3.25. The maximum Gasteiger partial charge on any atom is 0.0834 e. The number of hydrogen-bond donors (Lipinski definition) is 2. The second kappa shape index (κ2) is 4.87. The molecule has 3 heteroatoms. The summed E-state index contributed by atoms with van der Waals surface area (Å²) in [5, 5.41) is 10.9. The second-order valence-electron chi connectivity index (χ2n) is 5.70. The van der Waals surface area contributed by atoms with Crippen molar-refractivity contribution in [1.82, 2.24) is 0 Å². The summed E-state index contributed by atoms with van der Waals surface area (Å²) in [6, 6.07) is 0. The summed E-state index contributed by atoms with van der Waals surface area (Å²) in [6.07, 6.45) is 7.67. The van der Waals surface area contributed by atoms with Crippen LogP contribution in [0.25, 0.3) is 0 Å². The molecule has 0 bridgehead atoms. The van der Waals surface area contributed by atoms with E-state index in [4.69, 9.17) is 5.73 Å². The molecule has 1 saturated carbocycles. The molecule has 2 nitrogen and oxygen atoms in total. The molecule has 2 fully saturated rings. The van der Waals surface area contributed by atoms with Crippen LogP contribution in [0, 0.1) is 5.92 Å². The second-order valence-corrected chi connectivity index (χ2v) is 6.80. The Labute approximate surface area is 103 Å². The van der Waals surface area contributed by atoms with Gasteiger partial charge in [0.1, 0.15) is 0 Å². The van der Waals surface area contributed by atoms with Crippen molar-refractivity contribution >= 4 is 11.8 Å². The zero-order chi connectivity index (χ0) is 11.6. The summed E-state index contributed by atoms with van der Waals surface area (Å²) >= 11 is 1.90. The quantitative estimate of drug-likeness (QED) is 0.733. The predicted molar refractivity (Wildman–Crippen MR) is 70.7 cm³/mol. The first-order valence-corrected chi connectivity index (χ1v) is 7.84. The molecule has 3 unspecified atom stereocenters. The Morgan fingerprint density at radius 2 is 2.12 bits per heavy atom. The van der Waals surface area contributed by atoms with Crippen molar-refractivity contribution in [1.29, 1.82) is 0 Å². The van der Waals surface area contributed by atoms with Crippen LogP contribution < -0.4 is 5.73 Å². The predicted octanol–water partition coefficient (Wildman–Crippen LogP) is 2.54. The normalized spacial score (nSPS) is 45.6. The van der Waals surface area contributed by atoms with E-state index >= 15 is 0 Å². The molecule has 1 aliphatic carbocycles. The van der Waals surface area contributed by atoms with Crippen LogP contribution in [0.1, 0.15) is 51.9 Å². The van der Waals surface area contributed by atoms with Crippen LogP contribution in [0.4, 0.5) is 0 Å². The van der Waals surface area contributed by atoms with Gasteiger partial charge in [0.15, 0.2) is 0 Å². The highest BCUT2D eigenvalue weighted by Gasteiger charge is 2.49. The number of nitrogens with two attached hydrogens (primary N) is 1. The highest BCUT2D eigenvalue weighted by Crippen LogP contribution is 2.43. The van der Waals surface area contributed by atoms with E-state index in [1.54, 1.807) is 0 Å². The minimum absolute atomic E-state index is 0.305. The van der Waals surface area contributed by atoms with E-state index in [0.29, 0.717) is 0 Å². The molecule has 0 radical (unpaired) electrons. The Morgan fingerprint density at radius 1 is 1.31 bits per heavy atom. The highest BCUT2D eigenvalue weighted by molar-refractivity contribution is 7.99. The molecule has 3 atom stereocenters. The third kappa shape index (κ3) is 2.27. The van der Waals surface area contributed by atoms with Gasteiger partial charge in [-0.25, -0.2) is 0 Å². The minimum Gasteiger partial charge on any atom is -0.388 e. The van der Waals surface area contributed by atoms with Gasteiger partial charge in [-0.15, -0.1) is 0 Å². The first kappa shape index (κ1) is 12.7. The first-order valence-electron chi connectivity index (χ1n) is 6.69. The molecule has 2 rings (SSSR count). The van der Waals surface area contributed by atoms with E-state index in [9.17, 15) is 5.11 Å². The summed E-state index contributed by atoms with van der Waals surface area (Å²) in [5.74, 6) is 2.88. The van der Waals surface area contributed by atoms with Gasteiger partial charge in [-0.2, -0.15) is 11.8 Å². The Bertz CT molecular complexity index is 240. The van der Waals surface area contributed by atoms with E-state index in [0.717, 1.165) is 49.5 Å². The Morgan fingerprint density at radius 3 is 2.75 bits per heavy atom. The summed E-state index contributed by atoms with van der Waals surface area (Å²) in [4.78, 5) is 0. The molecule has 0 amide bonds. The summed E-state index contributed by atoms with van der Waals surface area (Å²) < 4.78 is 0. The molecule has 1 aliphatic heterocycles. The monoisotopic (exact) mass is 243 g/mol. The Hall–Kier alpha value is 0.270. The van der Waals surface area contributed by atoms with Gasteiger partial charge in [-0.1, -0.05) is 26.2 Å². The van der Waals surface area contributed by atoms with Crippen molar-refractivity contribution in [2.24, 2.45) is 11.7 Å². The van der Waals surface area contributed by atoms with E-state index in [1.165, 1.54) is 12.8 Å². The molecule has 94 valence electrons. The van der Waals surface area contributed by atoms with Crippen LogP contribution in [0.2, 0.25) is 0 Å². The zero-order valence-electron chi connectivity index (χ0n) is 10.4.